The third kappa shape index (κ3) is 2.31. The number of fused-ring (bicyclic) bond motifs is 1. The summed E-state index contributed by atoms with van der Waals surface area (Å²) >= 11 is 1.54. The van der Waals surface area contributed by atoms with E-state index < -0.39 is 5.41 Å². The Morgan fingerprint density at radius 1 is 1.30 bits per heavy atom. The first kappa shape index (κ1) is 14.3. The summed E-state index contributed by atoms with van der Waals surface area (Å²) in [5.41, 5.74) is 2.56. The van der Waals surface area contributed by atoms with Crippen LogP contribution in [0.3, 0.4) is 0 Å². The summed E-state index contributed by atoms with van der Waals surface area (Å²) in [5, 5.41) is 2.41. The maximum absolute atomic E-state index is 12.7. The fourth-order valence-electron chi connectivity index (χ4n) is 3.40. The lowest BCUT2D eigenvalue weighted by Crippen LogP contribution is -2.50. The van der Waals surface area contributed by atoms with Crippen molar-refractivity contribution < 1.29 is 14.4 Å². The van der Waals surface area contributed by atoms with Gasteiger partial charge < -0.3 is 4.90 Å². The van der Waals surface area contributed by atoms with E-state index in [4.69, 9.17) is 0 Å². The maximum atomic E-state index is 12.7. The first-order valence-electron chi connectivity index (χ1n) is 7.54. The van der Waals surface area contributed by atoms with E-state index in [0.29, 0.717) is 37.9 Å². The van der Waals surface area contributed by atoms with Crippen molar-refractivity contribution in [2.75, 3.05) is 13.1 Å². The van der Waals surface area contributed by atoms with E-state index >= 15 is 0 Å². The summed E-state index contributed by atoms with van der Waals surface area (Å²) in [6.45, 7) is 0.912. The van der Waals surface area contributed by atoms with Crippen molar-refractivity contribution in [2.45, 2.75) is 19.3 Å². The first-order valence-corrected chi connectivity index (χ1v) is 8.42. The minimum atomic E-state index is -0.603. The molecule has 2 aromatic rings. The van der Waals surface area contributed by atoms with Crippen LogP contribution in [-0.4, -0.2) is 40.7 Å². The molecule has 4 rings (SSSR count). The van der Waals surface area contributed by atoms with Gasteiger partial charge in [-0.2, -0.15) is 0 Å². The van der Waals surface area contributed by atoms with Crippen LogP contribution in [0.25, 0.3) is 10.2 Å². The van der Waals surface area contributed by atoms with Crippen molar-refractivity contribution in [1.29, 1.82) is 0 Å². The maximum Gasteiger partial charge on any atom is 0.253 e. The zero-order valence-electron chi connectivity index (χ0n) is 12.4. The number of amides is 3. The number of aromatic nitrogens is 1. The molecule has 0 saturated carbocycles. The number of hydrogen-bond acceptors (Lipinski definition) is 5. The number of thiazole rings is 1. The lowest BCUT2D eigenvalue weighted by atomic mass is 9.79. The largest absolute Gasteiger partial charge is 0.338 e. The lowest BCUT2D eigenvalue weighted by Gasteiger charge is -2.31. The summed E-state index contributed by atoms with van der Waals surface area (Å²) in [5.74, 6) is -0.542. The van der Waals surface area contributed by atoms with Crippen molar-refractivity contribution in [3.8, 4) is 0 Å². The van der Waals surface area contributed by atoms with E-state index in [-0.39, 0.29) is 17.7 Å². The molecule has 0 aliphatic carbocycles. The molecule has 2 saturated heterocycles. The number of rotatable bonds is 1. The Kier molecular flexibility index (Phi) is 3.19. The lowest BCUT2D eigenvalue weighted by molar-refractivity contribution is -0.141. The molecule has 1 atom stereocenters. The second kappa shape index (κ2) is 5.13. The number of imide groups is 1. The summed E-state index contributed by atoms with van der Waals surface area (Å²) in [4.78, 5) is 42.2. The van der Waals surface area contributed by atoms with Gasteiger partial charge in [0, 0.05) is 25.1 Å². The molecule has 0 bridgehead atoms. The van der Waals surface area contributed by atoms with Gasteiger partial charge in [-0.15, -0.1) is 11.3 Å². The number of hydrogen-bond donors (Lipinski definition) is 1. The molecule has 1 spiro atoms. The van der Waals surface area contributed by atoms with E-state index in [0.717, 1.165) is 10.2 Å². The van der Waals surface area contributed by atoms with Crippen molar-refractivity contribution in [3.05, 3.63) is 29.3 Å². The second-order valence-corrected chi connectivity index (χ2v) is 7.06. The number of piperidine rings is 1. The van der Waals surface area contributed by atoms with Gasteiger partial charge in [0.25, 0.3) is 5.91 Å². The fraction of sp³-hybridized carbons (Fsp3) is 0.375. The molecule has 2 fully saturated rings. The molecule has 3 amide bonds. The van der Waals surface area contributed by atoms with Gasteiger partial charge in [0.15, 0.2) is 0 Å². The van der Waals surface area contributed by atoms with E-state index in [9.17, 15) is 14.4 Å². The van der Waals surface area contributed by atoms with Crippen LogP contribution in [0.5, 0.6) is 0 Å². The highest BCUT2D eigenvalue weighted by atomic mass is 32.1. The Morgan fingerprint density at radius 3 is 3.00 bits per heavy atom. The highest BCUT2D eigenvalue weighted by Crippen LogP contribution is 2.38. The van der Waals surface area contributed by atoms with Gasteiger partial charge in [0.05, 0.1) is 21.1 Å². The van der Waals surface area contributed by atoms with Crippen molar-refractivity contribution in [2.24, 2.45) is 5.41 Å². The summed E-state index contributed by atoms with van der Waals surface area (Å²) in [7, 11) is 0. The number of benzene rings is 1. The number of nitrogens with zero attached hydrogens (tertiary/aromatic N) is 2. The molecule has 2 aliphatic rings. The zero-order valence-corrected chi connectivity index (χ0v) is 13.2. The van der Waals surface area contributed by atoms with Crippen LogP contribution in [0.4, 0.5) is 0 Å². The Morgan fingerprint density at radius 2 is 2.17 bits per heavy atom. The minimum absolute atomic E-state index is 0.0820. The summed E-state index contributed by atoms with van der Waals surface area (Å²) in [6.07, 6.45) is 1.47. The van der Waals surface area contributed by atoms with Crippen LogP contribution in [0.2, 0.25) is 0 Å². The molecular weight excluding hydrogens is 314 g/mol. The monoisotopic (exact) mass is 329 g/mol. The molecule has 118 valence electrons. The molecule has 23 heavy (non-hydrogen) atoms. The number of carbonyl (C=O) groups is 3. The molecule has 3 heterocycles. The Labute approximate surface area is 136 Å². The van der Waals surface area contributed by atoms with Gasteiger partial charge in [0.2, 0.25) is 11.8 Å². The SMILES string of the molecule is O=C1CCC2(CCN(C(=O)c3ccc4scnc4c3)C2)C(=O)N1. The predicted octanol–water partition coefficient (Wildman–Crippen LogP) is 1.57. The molecule has 6 nitrogen and oxygen atoms in total. The highest BCUT2D eigenvalue weighted by Gasteiger charge is 2.48. The molecule has 1 N–H and O–H groups in total. The topological polar surface area (TPSA) is 79.4 Å². The van der Waals surface area contributed by atoms with Crippen LogP contribution in [0.15, 0.2) is 23.7 Å². The number of nitrogens with one attached hydrogen (secondary N) is 1. The Bertz CT molecular complexity index is 831. The third-order valence-corrected chi connectivity index (χ3v) is 5.59. The highest BCUT2D eigenvalue weighted by molar-refractivity contribution is 7.16. The summed E-state index contributed by atoms with van der Waals surface area (Å²) in [6, 6.07) is 5.50. The Balaban J connectivity index is 1.56. The second-order valence-electron chi connectivity index (χ2n) is 6.17. The van der Waals surface area contributed by atoms with Gasteiger partial charge in [-0.1, -0.05) is 0 Å². The first-order chi connectivity index (χ1) is 11.1. The summed E-state index contributed by atoms with van der Waals surface area (Å²) < 4.78 is 1.05. The van der Waals surface area contributed by atoms with Crippen LogP contribution in [0.1, 0.15) is 29.6 Å². The molecule has 1 aromatic heterocycles. The van der Waals surface area contributed by atoms with Crippen LogP contribution in [-0.2, 0) is 9.59 Å². The van der Waals surface area contributed by atoms with Crippen molar-refractivity contribution >= 4 is 39.3 Å². The molecule has 7 heteroatoms. The normalized spacial score (nSPS) is 24.4. The van der Waals surface area contributed by atoms with Crippen LogP contribution < -0.4 is 5.32 Å². The average Bonchev–Trinajstić information content (AvgIpc) is 3.18. The van der Waals surface area contributed by atoms with Gasteiger partial charge in [0.1, 0.15) is 0 Å². The Hall–Kier alpha value is -2.28. The van der Waals surface area contributed by atoms with Crippen molar-refractivity contribution in [1.82, 2.24) is 15.2 Å². The van der Waals surface area contributed by atoms with Crippen LogP contribution >= 0.6 is 11.3 Å². The van der Waals surface area contributed by atoms with E-state index in [2.05, 4.69) is 10.3 Å². The van der Waals surface area contributed by atoms with Gasteiger partial charge >= 0.3 is 0 Å². The van der Waals surface area contributed by atoms with E-state index in [1.165, 1.54) is 11.3 Å². The zero-order chi connectivity index (χ0) is 16.0. The number of likely N-dealkylation sites (tertiary alicyclic amines) is 1. The van der Waals surface area contributed by atoms with Crippen molar-refractivity contribution in [3.63, 3.8) is 0 Å². The predicted molar refractivity (Wildman–Crippen MR) is 85.0 cm³/mol. The van der Waals surface area contributed by atoms with E-state index in [1.807, 2.05) is 6.07 Å². The molecule has 1 unspecified atom stereocenters. The smallest absolute Gasteiger partial charge is 0.253 e. The molecule has 1 aromatic carbocycles. The van der Waals surface area contributed by atoms with Crippen LogP contribution in [0, 0.1) is 5.41 Å². The number of carbonyl (C=O) groups excluding carboxylic acids is 3. The van der Waals surface area contributed by atoms with Gasteiger partial charge in [-0.05, 0) is 31.0 Å². The molecule has 0 radical (unpaired) electrons. The average molecular weight is 329 g/mol. The third-order valence-electron chi connectivity index (χ3n) is 4.78. The quantitative estimate of drug-likeness (QED) is 0.805. The minimum Gasteiger partial charge on any atom is -0.338 e. The van der Waals surface area contributed by atoms with E-state index in [1.54, 1.807) is 22.5 Å². The molecule has 2 aliphatic heterocycles. The van der Waals surface area contributed by atoms with Gasteiger partial charge in [-0.3, -0.25) is 19.7 Å². The fourth-order valence-corrected chi connectivity index (χ4v) is 4.06. The standard InChI is InChI=1S/C16H15N3O3S/c20-13-3-4-16(15(22)18-13)5-6-19(8-16)14(21)10-1-2-12-11(7-10)17-9-23-12/h1-2,7,9H,3-6,8H2,(H,18,20,22). The molecular formula is C16H15N3O3S. The van der Waals surface area contributed by atoms with Gasteiger partial charge in [-0.25, -0.2) is 4.98 Å².